The predicted octanol–water partition coefficient (Wildman–Crippen LogP) is 2.63. The van der Waals surface area contributed by atoms with Gasteiger partial charge in [0.2, 0.25) is 10.0 Å². The second-order valence-electron chi connectivity index (χ2n) is 5.58. The van der Waals surface area contributed by atoms with Crippen molar-refractivity contribution in [1.29, 1.82) is 0 Å². The highest BCUT2D eigenvalue weighted by atomic mass is 32.2. The zero-order chi connectivity index (χ0) is 17.6. The molecule has 2 aromatic carbocycles. The third kappa shape index (κ3) is 4.56. The Balaban J connectivity index is 1.96. The van der Waals surface area contributed by atoms with E-state index in [1.54, 1.807) is 12.1 Å². The molecule has 0 atom stereocenters. The van der Waals surface area contributed by atoms with Gasteiger partial charge >= 0.3 is 0 Å². The van der Waals surface area contributed by atoms with Crippen molar-refractivity contribution in [3.8, 4) is 5.75 Å². The Morgan fingerprint density at radius 2 is 1.67 bits per heavy atom. The number of hydrogen-bond donors (Lipinski definition) is 1. The molecule has 6 heteroatoms. The van der Waals surface area contributed by atoms with Gasteiger partial charge in [-0.3, -0.25) is 0 Å². The summed E-state index contributed by atoms with van der Waals surface area (Å²) in [7, 11) is -0.316. The first kappa shape index (κ1) is 18.4. The van der Waals surface area contributed by atoms with Crippen LogP contribution in [-0.4, -0.2) is 33.4 Å². The third-order valence-electron chi connectivity index (χ3n) is 3.62. The third-order valence-corrected chi connectivity index (χ3v) is 5.45. The minimum Gasteiger partial charge on any atom is -0.494 e. The van der Waals surface area contributed by atoms with Crippen LogP contribution in [0.15, 0.2) is 53.4 Å². The van der Waals surface area contributed by atoms with Gasteiger partial charge in [0.15, 0.2) is 0 Å². The molecule has 0 bridgehead atoms. The van der Waals surface area contributed by atoms with Crippen LogP contribution in [0.2, 0.25) is 0 Å². The van der Waals surface area contributed by atoms with Crippen LogP contribution in [-0.2, 0) is 23.1 Å². The van der Waals surface area contributed by atoms with Crippen molar-refractivity contribution >= 4 is 10.0 Å². The molecule has 130 valence electrons. The average molecular weight is 348 g/mol. The van der Waals surface area contributed by atoms with Crippen LogP contribution in [0.4, 0.5) is 0 Å². The maximum atomic E-state index is 12.0. The fourth-order valence-corrected chi connectivity index (χ4v) is 3.18. The number of para-hydroxylation sites is 1. The smallest absolute Gasteiger partial charge is 0.242 e. The van der Waals surface area contributed by atoms with Crippen LogP contribution >= 0.6 is 0 Å². The van der Waals surface area contributed by atoms with Gasteiger partial charge in [-0.25, -0.2) is 12.7 Å². The standard InChI is InChI=1S/C18H24N2O3S/c1-4-23-18-8-6-5-7-16(18)14-19-13-15-9-11-17(12-10-15)24(21,22)20(2)3/h5-12,19H,4,13-14H2,1-3H3. The first-order valence-electron chi connectivity index (χ1n) is 7.88. The van der Waals surface area contributed by atoms with Gasteiger partial charge in [0.05, 0.1) is 11.5 Å². The van der Waals surface area contributed by atoms with E-state index in [4.69, 9.17) is 4.74 Å². The Morgan fingerprint density at radius 1 is 1.00 bits per heavy atom. The zero-order valence-electron chi connectivity index (χ0n) is 14.3. The highest BCUT2D eigenvalue weighted by Crippen LogP contribution is 2.18. The van der Waals surface area contributed by atoms with Crippen molar-refractivity contribution in [3.05, 3.63) is 59.7 Å². The van der Waals surface area contributed by atoms with Gasteiger partial charge in [0.1, 0.15) is 5.75 Å². The van der Waals surface area contributed by atoms with Gasteiger partial charge in [-0.05, 0) is 30.7 Å². The normalized spacial score (nSPS) is 11.7. The highest BCUT2D eigenvalue weighted by molar-refractivity contribution is 7.89. The minimum atomic E-state index is -3.37. The van der Waals surface area contributed by atoms with E-state index in [9.17, 15) is 8.42 Å². The summed E-state index contributed by atoms with van der Waals surface area (Å²) in [6.07, 6.45) is 0. The van der Waals surface area contributed by atoms with Crippen molar-refractivity contribution in [1.82, 2.24) is 9.62 Å². The Kier molecular flexibility index (Phi) is 6.36. The molecule has 0 aliphatic rings. The Bertz CT molecular complexity index is 756. The molecule has 0 heterocycles. The Labute approximate surface area is 144 Å². The summed E-state index contributed by atoms with van der Waals surface area (Å²) in [5.74, 6) is 0.889. The van der Waals surface area contributed by atoms with Crippen LogP contribution in [0.5, 0.6) is 5.75 Å². The molecule has 0 fully saturated rings. The number of nitrogens with one attached hydrogen (secondary N) is 1. The lowest BCUT2D eigenvalue weighted by Gasteiger charge is -2.12. The van der Waals surface area contributed by atoms with Crippen LogP contribution in [0.25, 0.3) is 0 Å². The van der Waals surface area contributed by atoms with E-state index in [0.717, 1.165) is 16.9 Å². The topological polar surface area (TPSA) is 58.6 Å². The van der Waals surface area contributed by atoms with E-state index in [1.807, 2.05) is 43.3 Å². The molecule has 0 spiro atoms. The minimum absolute atomic E-state index is 0.304. The van der Waals surface area contributed by atoms with Crippen LogP contribution in [0.1, 0.15) is 18.1 Å². The summed E-state index contributed by atoms with van der Waals surface area (Å²) in [6, 6.07) is 14.9. The number of benzene rings is 2. The SMILES string of the molecule is CCOc1ccccc1CNCc1ccc(S(=O)(=O)N(C)C)cc1. The molecule has 0 aromatic heterocycles. The Morgan fingerprint density at radius 3 is 2.29 bits per heavy atom. The number of rotatable bonds is 8. The van der Waals surface area contributed by atoms with Crippen LogP contribution in [0.3, 0.4) is 0 Å². The van der Waals surface area contributed by atoms with Crippen molar-refractivity contribution in [3.63, 3.8) is 0 Å². The summed E-state index contributed by atoms with van der Waals surface area (Å²) in [5.41, 5.74) is 2.13. The Hall–Kier alpha value is -1.89. The lowest BCUT2D eigenvalue weighted by Crippen LogP contribution is -2.22. The second-order valence-corrected chi connectivity index (χ2v) is 7.73. The monoisotopic (exact) mass is 348 g/mol. The van der Waals surface area contributed by atoms with Crippen molar-refractivity contribution in [2.24, 2.45) is 0 Å². The summed E-state index contributed by atoms with van der Waals surface area (Å²) in [6.45, 7) is 3.95. The molecule has 0 aliphatic carbocycles. The summed E-state index contributed by atoms with van der Waals surface area (Å²) in [5, 5.41) is 3.36. The zero-order valence-corrected chi connectivity index (χ0v) is 15.1. The maximum absolute atomic E-state index is 12.0. The van der Waals surface area contributed by atoms with Gasteiger partial charge in [0, 0.05) is 32.7 Å². The first-order valence-corrected chi connectivity index (χ1v) is 9.32. The average Bonchev–Trinajstić information content (AvgIpc) is 2.57. The molecule has 1 N–H and O–H groups in total. The second kappa shape index (κ2) is 8.28. The van der Waals surface area contributed by atoms with E-state index in [-0.39, 0.29) is 0 Å². The van der Waals surface area contributed by atoms with Gasteiger partial charge in [-0.2, -0.15) is 0 Å². The lowest BCUT2D eigenvalue weighted by atomic mass is 10.2. The van der Waals surface area contributed by atoms with Crippen molar-refractivity contribution < 1.29 is 13.2 Å². The van der Waals surface area contributed by atoms with Crippen LogP contribution in [0, 0.1) is 0 Å². The molecule has 0 saturated carbocycles. The van der Waals surface area contributed by atoms with E-state index in [2.05, 4.69) is 5.32 Å². The molecule has 0 unspecified atom stereocenters. The molecule has 0 amide bonds. The van der Waals surface area contributed by atoms with E-state index in [0.29, 0.717) is 24.6 Å². The molecule has 5 nitrogen and oxygen atoms in total. The van der Waals surface area contributed by atoms with Gasteiger partial charge in [0.25, 0.3) is 0 Å². The number of sulfonamides is 1. The predicted molar refractivity (Wildman–Crippen MR) is 95.5 cm³/mol. The maximum Gasteiger partial charge on any atom is 0.242 e. The number of ether oxygens (including phenoxy) is 1. The fourth-order valence-electron chi connectivity index (χ4n) is 2.28. The first-order chi connectivity index (χ1) is 11.4. The molecule has 0 saturated heterocycles. The molecule has 0 aliphatic heterocycles. The van der Waals surface area contributed by atoms with Gasteiger partial charge in [-0.1, -0.05) is 30.3 Å². The largest absolute Gasteiger partial charge is 0.494 e. The highest BCUT2D eigenvalue weighted by Gasteiger charge is 2.16. The molecule has 24 heavy (non-hydrogen) atoms. The number of hydrogen-bond acceptors (Lipinski definition) is 4. The lowest BCUT2D eigenvalue weighted by molar-refractivity contribution is 0.335. The summed E-state index contributed by atoms with van der Waals surface area (Å²) < 4.78 is 30.9. The molecular formula is C18H24N2O3S. The van der Waals surface area contributed by atoms with Gasteiger partial charge < -0.3 is 10.1 Å². The van der Waals surface area contributed by atoms with Crippen molar-refractivity contribution in [2.75, 3.05) is 20.7 Å². The molecule has 0 radical (unpaired) electrons. The van der Waals surface area contributed by atoms with Gasteiger partial charge in [-0.15, -0.1) is 0 Å². The quantitative estimate of drug-likeness (QED) is 0.797. The summed E-state index contributed by atoms with van der Waals surface area (Å²) in [4.78, 5) is 0.304. The molecule has 2 rings (SSSR count). The van der Waals surface area contributed by atoms with Crippen LogP contribution < -0.4 is 10.1 Å². The fraction of sp³-hybridized carbons (Fsp3) is 0.333. The molecular weight excluding hydrogens is 324 g/mol. The van der Waals surface area contributed by atoms with E-state index < -0.39 is 10.0 Å². The molecule has 2 aromatic rings. The number of nitrogens with zero attached hydrogens (tertiary/aromatic N) is 1. The van der Waals surface area contributed by atoms with E-state index in [1.165, 1.54) is 18.4 Å². The van der Waals surface area contributed by atoms with Crippen molar-refractivity contribution in [2.45, 2.75) is 24.9 Å². The summed E-state index contributed by atoms with van der Waals surface area (Å²) >= 11 is 0. The van der Waals surface area contributed by atoms with E-state index >= 15 is 0 Å².